The number of fused-ring (bicyclic) bond motifs is 1. The number of nitrogens with zero attached hydrogens (tertiary/aromatic N) is 4. The van der Waals surface area contributed by atoms with E-state index in [0.717, 1.165) is 36.1 Å². The highest BCUT2D eigenvalue weighted by molar-refractivity contribution is 6.07. The fourth-order valence-corrected chi connectivity index (χ4v) is 4.40. The van der Waals surface area contributed by atoms with Gasteiger partial charge in [-0.3, -0.25) is 14.5 Å². The largest absolute Gasteiger partial charge is 0.481 e. The lowest BCUT2D eigenvalue weighted by atomic mass is 9.98. The maximum atomic E-state index is 13.4. The van der Waals surface area contributed by atoms with Gasteiger partial charge in [0.25, 0.3) is 5.91 Å². The second-order valence-electron chi connectivity index (χ2n) is 9.31. The van der Waals surface area contributed by atoms with Crippen LogP contribution in [0.25, 0.3) is 11.0 Å². The number of imidazole rings is 1. The summed E-state index contributed by atoms with van der Waals surface area (Å²) in [6.07, 6.45) is 4.13. The van der Waals surface area contributed by atoms with Gasteiger partial charge in [0.1, 0.15) is 11.6 Å². The molecule has 2 heterocycles. The first-order valence-corrected chi connectivity index (χ1v) is 12.6. The molecule has 192 valence electrons. The van der Waals surface area contributed by atoms with Crippen molar-refractivity contribution in [3.63, 3.8) is 0 Å². The van der Waals surface area contributed by atoms with Gasteiger partial charge in [-0.25, -0.2) is 9.97 Å². The van der Waals surface area contributed by atoms with Crippen molar-refractivity contribution in [2.45, 2.75) is 38.5 Å². The number of carboxylic acid groups (broad SMARTS) is 1. The van der Waals surface area contributed by atoms with E-state index in [0.29, 0.717) is 23.8 Å². The number of aromatic nitrogens is 3. The number of carboxylic acids is 1. The number of nitrogens with two attached hydrogens (primary N) is 1. The zero-order valence-corrected chi connectivity index (χ0v) is 21.3. The third-order valence-corrected chi connectivity index (χ3v) is 6.71. The molecular formula is C29H33N5O3. The van der Waals surface area contributed by atoms with Crippen molar-refractivity contribution in [1.82, 2.24) is 14.5 Å². The summed E-state index contributed by atoms with van der Waals surface area (Å²) in [5, 5.41) is 9.15. The van der Waals surface area contributed by atoms with E-state index in [1.807, 2.05) is 13.1 Å². The molecule has 1 amide bonds. The molecule has 4 rings (SSSR count). The fourth-order valence-electron chi connectivity index (χ4n) is 4.40. The standard InChI is InChI=1S/C29H33N5O3/c1-20(19-30)22-11-9-21(10-12-22)6-5-8-27-32-24-18-23(13-14-25(24)33(27)2)29(37)34(17-15-28(35)36)26-7-3-4-16-31-26/h3-4,7,9-14,16,18,20H,5-6,8,15,17,19,30H2,1-2H3,(H,35,36). The summed E-state index contributed by atoms with van der Waals surface area (Å²) in [6, 6.07) is 19.3. The first kappa shape index (κ1) is 26.0. The van der Waals surface area contributed by atoms with Gasteiger partial charge in [0.15, 0.2) is 0 Å². The molecule has 4 aromatic rings. The van der Waals surface area contributed by atoms with Crippen molar-refractivity contribution in [1.29, 1.82) is 0 Å². The highest BCUT2D eigenvalue weighted by Crippen LogP contribution is 2.22. The van der Waals surface area contributed by atoms with Crippen LogP contribution < -0.4 is 10.6 Å². The number of hydrogen-bond donors (Lipinski definition) is 2. The van der Waals surface area contributed by atoms with Gasteiger partial charge < -0.3 is 15.4 Å². The highest BCUT2D eigenvalue weighted by atomic mass is 16.4. The molecule has 1 unspecified atom stereocenters. The van der Waals surface area contributed by atoms with Gasteiger partial charge in [-0.15, -0.1) is 0 Å². The quantitative estimate of drug-likeness (QED) is 0.318. The third kappa shape index (κ3) is 6.21. The minimum absolute atomic E-state index is 0.0306. The molecule has 0 saturated carbocycles. The first-order valence-electron chi connectivity index (χ1n) is 12.6. The van der Waals surface area contributed by atoms with E-state index in [1.54, 1.807) is 36.5 Å². The van der Waals surface area contributed by atoms with Crippen LogP contribution in [0.2, 0.25) is 0 Å². The molecule has 0 radical (unpaired) electrons. The van der Waals surface area contributed by atoms with Gasteiger partial charge in [0.05, 0.1) is 17.5 Å². The molecule has 8 heteroatoms. The number of rotatable bonds is 11. The van der Waals surface area contributed by atoms with Crippen LogP contribution in [0.4, 0.5) is 5.82 Å². The Labute approximate surface area is 216 Å². The Balaban J connectivity index is 1.48. The Morgan fingerprint density at radius 1 is 1.08 bits per heavy atom. The number of carbonyl (C=O) groups excluding carboxylic acids is 1. The van der Waals surface area contributed by atoms with Crippen LogP contribution in [0.5, 0.6) is 0 Å². The van der Waals surface area contributed by atoms with Crippen LogP contribution in [-0.4, -0.2) is 44.6 Å². The van der Waals surface area contributed by atoms with E-state index in [1.165, 1.54) is 16.0 Å². The van der Waals surface area contributed by atoms with Gasteiger partial charge in [0.2, 0.25) is 0 Å². The van der Waals surface area contributed by atoms with Crippen LogP contribution in [-0.2, 0) is 24.7 Å². The average molecular weight is 500 g/mol. The van der Waals surface area contributed by atoms with Crippen molar-refractivity contribution in [2.75, 3.05) is 18.0 Å². The SMILES string of the molecule is CC(CN)c1ccc(CCCc2nc3cc(C(=O)N(CCC(=O)O)c4ccccn4)ccc3n2C)cc1. The van der Waals surface area contributed by atoms with Gasteiger partial charge in [-0.05, 0) is 66.8 Å². The summed E-state index contributed by atoms with van der Waals surface area (Å²) in [7, 11) is 1.99. The summed E-state index contributed by atoms with van der Waals surface area (Å²) in [4.78, 5) is 35.0. The number of hydrogen-bond acceptors (Lipinski definition) is 5. The van der Waals surface area contributed by atoms with Crippen LogP contribution in [0, 0.1) is 0 Å². The molecule has 0 aliphatic carbocycles. The Hall–Kier alpha value is -4.04. The van der Waals surface area contributed by atoms with Gasteiger partial charge in [-0.1, -0.05) is 37.3 Å². The molecule has 0 aliphatic rings. The van der Waals surface area contributed by atoms with Gasteiger partial charge >= 0.3 is 5.97 Å². The molecule has 37 heavy (non-hydrogen) atoms. The number of aliphatic carboxylic acids is 1. The Kier molecular flexibility index (Phi) is 8.30. The molecule has 0 bridgehead atoms. The number of anilines is 1. The van der Waals surface area contributed by atoms with Crippen LogP contribution in [0.3, 0.4) is 0 Å². The second-order valence-corrected chi connectivity index (χ2v) is 9.31. The number of aryl methyl sites for hydroxylation is 3. The number of benzene rings is 2. The van der Waals surface area contributed by atoms with E-state index >= 15 is 0 Å². The Morgan fingerprint density at radius 2 is 1.86 bits per heavy atom. The fraction of sp³-hybridized carbons (Fsp3) is 0.310. The molecule has 1 atom stereocenters. The van der Waals surface area contributed by atoms with Gasteiger partial charge in [0, 0.05) is 31.8 Å². The van der Waals surface area contributed by atoms with Crippen molar-refractivity contribution in [2.24, 2.45) is 12.8 Å². The molecule has 0 aliphatic heterocycles. The van der Waals surface area contributed by atoms with E-state index < -0.39 is 5.97 Å². The monoisotopic (exact) mass is 499 g/mol. The van der Waals surface area contributed by atoms with E-state index in [-0.39, 0.29) is 18.9 Å². The minimum Gasteiger partial charge on any atom is -0.481 e. The summed E-state index contributed by atoms with van der Waals surface area (Å²) in [5.74, 6) is 0.460. The van der Waals surface area contributed by atoms with Crippen LogP contribution >= 0.6 is 0 Å². The predicted octanol–water partition coefficient (Wildman–Crippen LogP) is 4.33. The van der Waals surface area contributed by atoms with Crippen molar-refractivity contribution in [3.8, 4) is 0 Å². The molecule has 0 spiro atoms. The Morgan fingerprint density at radius 3 is 2.54 bits per heavy atom. The molecular weight excluding hydrogens is 466 g/mol. The average Bonchev–Trinajstić information content (AvgIpc) is 3.23. The maximum Gasteiger partial charge on any atom is 0.305 e. The van der Waals surface area contributed by atoms with E-state index in [4.69, 9.17) is 15.8 Å². The summed E-state index contributed by atoms with van der Waals surface area (Å²) in [5.41, 5.74) is 10.4. The van der Waals surface area contributed by atoms with Crippen LogP contribution in [0.1, 0.15) is 53.0 Å². The lowest BCUT2D eigenvalue weighted by molar-refractivity contribution is -0.136. The third-order valence-electron chi connectivity index (χ3n) is 6.71. The molecule has 2 aromatic carbocycles. The molecule has 2 aromatic heterocycles. The molecule has 0 fully saturated rings. The van der Waals surface area contributed by atoms with Gasteiger partial charge in [-0.2, -0.15) is 0 Å². The van der Waals surface area contributed by atoms with E-state index in [2.05, 4.69) is 40.7 Å². The first-order chi connectivity index (χ1) is 17.9. The van der Waals surface area contributed by atoms with Crippen molar-refractivity contribution in [3.05, 3.63) is 89.4 Å². The number of amides is 1. The summed E-state index contributed by atoms with van der Waals surface area (Å²) >= 11 is 0. The van der Waals surface area contributed by atoms with Crippen LogP contribution in [0.15, 0.2) is 66.9 Å². The van der Waals surface area contributed by atoms with E-state index in [9.17, 15) is 9.59 Å². The zero-order chi connectivity index (χ0) is 26.4. The lowest BCUT2D eigenvalue weighted by Crippen LogP contribution is -2.33. The molecule has 8 nitrogen and oxygen atoms in total. The summed E-state index contributed by atoms with van der Waals surface area (Å²) in [6.45, 7) is 2.80. The second kappa shape index (κ2) is 11.8. The maximum absolute atomic E-state index is 13.4. The Bertz CT molecular complexity index is 1370. The molecule has 3 N–H and O–H groups in total. The highest BCUT2D eigenvalue weighted by Gasteiger charge is 2.21. The zero-order valence-electron chi connectivity index (χ0n) is 21.3. The smallest absolute Gasteiger partial charge is 0.305 e. The minimum atomic E-state index is -0.973. The van der Waals surface area contributed by atoms with Crippen molar-refractivity contribution >= 4 is 28.7 Å². The number of pyridine rings is 1. The lowest BCUT2D eigenvalue weighted by Gasteiger charge is -2.21. The summed E-state index contributed by atoms with van der Waals surface area (Å²) < 4.78 is 2.07. The predicted molar refractivity (Wildman–Crippen MR) is 145 cm³/mol. The number of carbonyl (C=O) groups is 2. The molecule has 0 saturated heterocycles. The normalized spacial score (nSPS) is 12.0. The van der Waals surface area contributed by atoms with Crippen molar-refractivity contribution < 1.29 is 14.7 Å². The topological polar surface area (TPSA) is 114 Å².